The monoisotopic (exact) mass is 255 g/mol. The number of carbonyl (C=O) groups is 1. The van der Waals surface area contributed by atoms with Crippen LogP contribution in [0.15, 0.2) is 48.7 Å². The zero-order valence-electron chi connectivity index (χ0n) is 10.8. The predicted molar refractivity (Wildman–Crippen MR) is 74.5 cm³/mol. The van der Waals surface area contributed by atoms with Gasteiger partial charge in [-0.1, -0.05) is 36.4 Å². The Morgan fingerprint density at radius 1 is 1.26 bits per heavy atom. The highest BCUT2D eigenvalue weighted by Crippen LogP contribution is 2.12. The molecule has 0 aliphatic rings. The summed E-state index contributed by atoms with van der Waals surface area (Å²) in [7, 11) is 0. The maximum absolute atomic E-state index is 10.9. The number of aromatic nitrogens is 1. The zero-order valence-corrected chi connectivity index (χ0v) is 10.8. The van der Waals surface area contributed by atoms with Crippen molar-refractivity contribution in [2.75, 3.05) is 0 Å². The predicted octanol–water partition coefficient (Wildman–Crippen LogP) is 2.03. The van der Waals surface area contributed by atoms with Crippen molar-refractivity contribution in [3.05, 3.63) is 65.5 Å². The standard InChI is InChI=1S/C15H17N3O/c1-11(17-9-12-5-3-2-4-6-12)13-7-8-14(15(16)19)18-10-13/h2-8,10-11,17H,9H2,1H3,(H2,16,19). The van der Waals surface area contributed by atoms with E-state index in [2.05, 4.69) is 29.4 Å². The summed E-state index contributed by atoms with van der Waals surface area (Å²) in [6.45, 7) is 2.85. The van der Waals surface area contributed by atoms with Crippen LogP contribution in [0.25, 0.3) is 0 Å². The van der Waals surface area contributed by atoms with Crippen LogP contribution in [-0.2, 0) is 6.54 Å². The molecule has 1 unspecified atom stereocenters. The van der Waals surface area contributed by atoms with Crippen molar-refractivity contribution >= 4 is 5.91 Å². The molecule has 98 valence electrons. The van der Waals surface area contributed by atoms with Gasteiger partial charge in [-0.2, -0.15) is 0 Å². The highest BCUT2D eigenvalue weighted by atomic mass is 16.1. The summed E-state index contributed by atoms with van der Waals surface area (Å²) in [5.41, 5.74) is 7.71. The molecule has 0 radical (unpaired) electrons. The molecular formula is C15H17N3O. The molecule has 3 N–H and O–H groups in total. The number of carbonyl (C=O) groups excluding carboxylic acids is 1. The molecule has 0 aliphatic heterocycles. The number of pyridine rings is 1. The minimum Gasteiger partial charge on any atom is -0.364 e. The third kappa shape index (κ3) is 3.63. The molecule has 0 spiro atoms. The van der Waals surface area contributed by atoms with Crippen molar-refractivity contribution in [2.24, 2.45) is 5.73 Å². The summed E-state index contributed by atoms with van der Waals surface area (Å²) in [4.78, 5) is 15.0. The number of hydrogen-bond acceptors (Lipinski definition) is 3. The maximum atomic E-state index is 10.9. The Balaban J connectivity index is 1.96. The van der Waals surface area contributed by atoms with Crippen LogP contribution >= 0.6 is 0 Å². The molecule has 1 aromatic carbocycles. The molecule has 2 aromatic rings. The Labute approximate surface area is 112 Å². The van der Waals surface area contributed by atoms with Gasteiger partial charge in [-0.25, -0.2) is 0 Å². The lowest BCUT2D eigenvalue weighted by Crippen LogP contribution is -2.19. The third-order valence-electron chi connectivity index (χ3n) is 2.99. The van der Waals surface area contributed by atoms with Crippen LogP contribution in [0.5, 0.6) is 0 Å². The fraction of sp³-hybridized carbons (Fsp3) is 0.200. The van der Waals surface area contributed by atoms with E-state index >= 15 is 0 Å². The summed E-state index contributed by atoms with van der Waals surface area (Å²) in [6.07, 6.45) is 1.68. The number of nitrogens with zero attached hydrogens (tertiary/aromatic N) is 1. The Hall–Kier alpha value is -2.20. The quantitative estimate of drug-likeness (QED) is 0.859. The van der Waals surface area contributed by atoms with Gasteiger partial charge in [0, 0.05) is 18.8 Å². The first kappa shape index (κ1) is 13.2. The first-order chi connectivity index (χ1) is 9.16. The Morgan fingerprint density at radius 2 is 2.00 bits per heavy atom. The third-order valence-corrected chi connectivity index (χ3v) is 2.99. The summed E-state index contributed by atoms with van der Waals surface area (Å²) in [6, 6.07) is 13.9. The Bertz CT molecular complexity index is 537. The molecule has 1 amide bonds. The fourth-order valence-corrected chi connectivity index (χ4v) is 1.79. The number of nitrogens with one attached hydrogen (secondary N) is 1. The summed E-state index contributed by atoms with van der Waals surface area (Å²) in [5, 5.41) is 3.41. The second-order valence-corrected chi connectivity index (χ2v) is 4.43. The van der Waals surface area contributed by atoms with E-state index in [0.29, 0.717) is 5.69 Å². The van der Waals surface area contributed by atoms with Crippen LogP contribution in [0.4, 0.5) is 0 Å². The fourth-order valence-electron chi connectivity index (χ4n) is 1.79. The van der Waals surface area contributed by atoms with E-state index in [-0.39, 0.29) is 6.04 Å². The smallest absolute Gasteiger partial charge is 0.267 e. The van der Waals surface area contributed by atoms with E-state index < -0.39 is 5.91 Å². The lowest BCUT2D eigenvalue weighted by Gasteiger charge is -2.14. The molecule has 0 aliphatic carbocycles. The van der Waals surface area contributed by atoms with E-state index in [1.807, 2.05) is 24.3 Å². The van der Waals surface area contributed by atoms with E-state index in [1.54, 1.807) is 12.3 Å². The topological polar surface area (TPSA) is 68.0 Å². The van der Waals surface area contributed by atoms with E-state index in [4.69, 9.17) is 5.73 Å². The Kier molecular flexibility index (Phi) is 4.26. The van der Waals surface area contributed by atoms with Crippen molar-refractivity contribution in [3.63, 3.8) is 0 Å². The van der Waals surface area contributed by atoms with E-state index in [0.717, 1.165) is 12.1 Å². The molecule has 1 heterocycles. The molecule has 19 heavy (non-hydrogen) atoms. The van der Waals surface area contributed by atoms with Gasteiger partial charge in [0.1, 0.15) is 5.69 Å². The molecule has 0 fully saturated rings. The van der Waals surface area contributed by atoms with Gasteiger partial charge in [-0.3, -0.25) is 9.78 Å². The number of benzene rings is 1. The first-order valence-corrected chi connectivity index (χ1v) is 6.20. The van der Waals surface area contributed by atoms with Crippen LogP contribution in [0.3, 0.4) is 0 Å². The van der Waals surface area contributed by atoms with E-state index in [1.165, 1.54) is 5.56 Å². The highest BCUT2D eigenvalue weighted by Gasteiger charge is 2.07. The van der Waals surface area contributed by atoms with Crippen LogP contribution in [0.2, 0.25) is 0 Å². The van der Waals surface area contributed by atoms with Crippen molar-refractivity contribution in [1.82, 2.24) is 10.3 Å². The largest absolute Gasteiger partial charge is 0.364 e. The van der Waals surface area contributed by atoms with Gasteiger partial charge >= 0.3 is 0 Å². The van der Waals surface area contributed by atoms with Crippen LogP contribution in [-0.4, -0.2) is 10.9 Å². The van der Waals surface area contributed by atoms with Crippen LogP contribution < -0.4 is 11.1 Å². The van der Waals surface area contributed by atoms with Gasteiger partial charge in [0.2, 0.25) is 0 Å². The maximum Gasteiger partial charge on any atom is 0.267 e. The molecule has 1 aromatic heterocycles. The molecule has 0 saturated carbocycles. The minimum atomic E-state index is -0.503. The van der Waals surface area contributed by atoms with Crippen molar-refractivity contribution in [3.8, 4) is 0 Å². The van der Waals surface area contributed by atoms with Gasteiger partial charge < -0.3 is 11.1 Å². The Morgan fingerprint density at radius 3 is 2.58 bits per heavy atom. The average Bonchev–Trinajstić information content (AvgIpc) is 2.46. The van der Waals surface area contributed by atoms with Crippen molar-refractivity contribution in [1.29, 1.82) is 0 Å². The average molecular weight is 255 g/mol. The molecular weight excluding hydrogens is 238 g/mol. The van der Waals surface area contributed by atoms with Gasteiger partial charge in [-0.05, 0) is 24.1 Å². The second-order valence-electron chi connectivity index (χ2n) is 4.43. The lowest BCUT2D eigenvalue weighted by molar-refractivity contribution is 0.0995. The molecule has 0 bridgehead atoms. The molecule has 4 heteroatoms. The molecule has 2 rings (SSSR count). The second kappa shape index (κ2) is 6.11. The van der Waals surface area contributed by atoms with E-state index in [9.17, 15) is 4.79 Å². The number of rotatable bonds is 5. The highest BCUT2D eigenvalue weighted by molar-refractivity contribution is 5.90. The minimum absolute atomic E-state index is 0.162. The SMILES string of the molecule is CC(NCc1ccccc1)c1ccc(C(N)=O)nc1. The van der Waals surface area contributed by atoms with Crippen LogP contribution in [0, 0.1) is 0 Å². The van der Waals surface area contributed by atoms with Gasteiger partial charge in [0.15, 0.2) is 0 Å². The summed E-state index contributed by atoms with van der Waals surface area (Å²) in [5.74, 6) is -0.503. The van der Waals surface area contributed by atoms with Gasteiger partial charge in [0.05, 0.1) is 0 Å². The van der Waals surface area contributed by atoms with Gasteiger partial charge in [-0.15, -0.1) is 0 Å². The molecule has 4 nitrogen and oxygen atoms in total. The van der Waals surface area contributed by atoms with Crippen molar-refractivity contribution < 1.29 is 4.79 Å². The van der Waals surface area contributed by atoms with Gasteiger partial charge in [0.25, 0.3) is 5.91 Å². The van der Waals surface area contributed by atoms with Crippen molar-refractivity contribution in [2.45, 2.75) is 19.5 Å². The number of primary amides is 1. The normalized spacial score (nSPS) is 12.1. The first-order valence-electron chi connectivity index (χ1n) is 6.20. The zero-order chi connectivity index (χ0) is 13.7. The number of nitrogens with two attached hydrogens (primary N) is 1. The molecule has 0 saturated heterocycles. The lowest BCUT2D eigenvalue weighted by atomic mass is 10.1. The summed E-state index contributed by atoms with van der Waals surface area (Å²) >= 11 is 0. The number of hydrogen-bond donors (Lipinski definition) is 2. The number of amides is 1. The van der Waals surface area contributed by atoms with Crippen LogP contribution in [0.1, 0.15) is 34.6 Å². The summed E-state index contributed by atoms with van der Waals surface area (Å²) < 4.78 is 0. The molecule has 1 atom stereocenters.